The molecule has 0 amide bonds. The fraction of sp³-hybridized carbons (Fsp3) is 0.636. The third kappa shape index (κ3) is 1.52. The van der Waals surface area contributed by atoms with E-state index in [9.17, 15) is 0 Å². The summed E-state index contributed by atoms with van der Waals surface area (Å²) in [6.45, 7) is 5.58. The highest BCUT2D eigenvalue weighted by Crippen LogP contribution is 2.39. The Bertz CT molecular complexity index is 313. The van der Waals surface area contributed by atoms with Crippen LogP contribution in [-0.2, 0) is 5.54 Å². The molecule has 1 aliphatic heterocycles. The van der Waals surface area contributed by atoms with Crippen LogP contribution in [0.25, 0.3) is 0 Å². The quantitative estimate of drug-likeness (QED) is 0.880. The van der Waals surface area contributed by atoms with Crippen LogP contribution in [0.15, 0.2) is 21.2 Å². The second-order valence-electron chi connectivity index (χ2n) is 4.26. The zero-order valence-corrected chi connectivity index (χ0v) is 10.2. The zero-order chi connectivity index (χ0) is 10.2. The van der Waals surface area contributed by atoms with Crippen molar-refractivity contribution in [2.24, 2.45) is 5.92 Å². The minimum absolute atomic E-state index is 0.0615. The lowest BCUT2D eigenvalue weighted by molar-refractivity contribution is 0.223. The molecule has 1 aliphatic rings. The first-order valence-electron chi connectivity index (χ1n) is 5.16. The molecule has 3 heteroatoms. The summed E-state index contributed by atoms with van der Waals surface area (Å²) in [4.78, 5) is 0. The maximum absolute atomic E-state index is 5.69. The number of halogens is 1. The molecule has 0 aromatic carbocycles. The molecule has 0 spiro atoms. The Hall–Kier alpha value is -0.280. The molecule has 14 heavy (non-hydrogen) atoms. The lowest BCUT2D eigenvalue weighted by Gasteiger charge is -2.31. The van der Waals surface area contributed by atoms with Gasteiger partial charge in [-0.1, -0.05) is 13.8 Å². The maximum atomic E-state index is 5.69. The normalized spacial score (nSPS) is 27.4. The van der Waals surface area contributed by atoms with Crippen molar-refractivity contribution in [3.8, 4) is 0 Å². The number of hydrogen-bond donors (Lipinski definition) is 1. The van der Waals surface area contributed by atoms with Crippen molar-refractivity contribution >= 4 is 15.9 Å². The number of rotatable bonds is 2. The minimum atomic E-state index is 0.0615. The molecule has 1 saturated heterocycles. The molecule has 1 fully saturated rings. The van der Waals surface area contributed by atoms with Crippen LogP contribution in [0.2, 0.25) is 0 Å². The van der Waals surface area contributed by atoms with Gasteiger partial charge in [-0.05, 0) is 53.4 Å². The molecule has 1 atom stereocenters. The van der Waals surface area contributed by atoms with Gasteiger partial charge in [0.25, 0.3) is 0 Å². The van der Waals surface area contributed by atoms with E-state index in [1.54, 1.807) is 0 Å². The van der Waals surface area contributed by atoms with Crippen LogP contribution in [0, 0.1) is 5.92 Å². The summed E-state index contributed by atoms with van der Waals surface area (Å²) < 4.78 is 6.51. The molecule has 78 valence electrons. The highest BCUT2D eigenvalue weighted by atomic mass is 79.9. The molecule has 0 aliphatic carbocycles. The predicted molar refractivity (Wildman–Crippen MR) is 60.2 cm³/mol. The van der Waals surface area contributed by atoms with Gasteiger partial charge in [-0.25, -0.2) is 0 Å². The van der Waals surface area contributed by atoms with Gasteiger partial charge in [0.15, 0.2) is 4.67 Å². The van der Waals surface area contributed by atoms with Crippen LogP contribution in [-0.4, -0.2) is 6.54 Å². The Morgan fingerprint density at radius 2 is 2.29 bits per heavy atom. The first-order chi connectivity index (χ1) is 6.65. The van der Waals surface area contributed by atoms with Gasteiger partial charge < -0.3 is 9.73 Å². The molecule has 2 heterocycles. The second-order valence-corrected chi connectivity index (χ2v) is 5.04. The van der Waals surface area contributed by atoms with Crippen molar-refractivity contribution in [1.82, 2.24) is 5.32 Å². The average molecular weight is 258 g/mol. The molecule has 1 unspecified atom stereocenters. The van der Waals surface area contributed by atoms with Crippen LogP contribution in [0.5, 0.6) is 0 Å². The topological polar surface area (TPSA) is 25.2 Å². The van der Waals surface area contributed by atoms with Crippen molar-refractivity contribution in [3.63, 3.8) is 0 Å². The molecule has 1 N–H and O–H groups in total. The van der Waals surface area contributed by atoms with Gasteiger partial charge in [0.2, 0.25) is 0 Å². The zero-order valence-electron chi connectivity index (χ0n) is 8.64. The lowest BCUT2D eigenvalue weighted by Crippen LogP contribution is -2.41. The van der Waals surface area contributed by atoms with Crippen molar-refractivity contribution in [3.05, 3.63) is 22.6 Å². The number of hydrogen-bond acceptors (Lipinski definition) is 2. The van der Waals surface area contributed by atoms with Gasteiger partial charge in [0.05, 0.1) is 5.54 Å². The van der Waals surface area contributed by atoms with Crippen LogP contribution >= 0.6 is 15.9 Å². The van der Waals surface area contributed by atoms with Gasteiger partial charge in [0.1, 0.15) is 5.76 Å². The average Bonchev–Trinajstić information content (AvgIpc) is 2.71. The smallest absolute Gasteiger partial charge is 0.169 e. The van der Waals surface area contributed by atoms with E-state index in [0.29, 0.717) is 5.92 Å². The van der Waals surface area contributed by atoms with Crippen molar-refractivity contribution in [2.45, 2.75) is 32.2 Å². The summed E-state index contributed by atoms with van der Waals surface area (Å²) in [6, 6.07) is 4.04. The van der Waals surface area contributed by atoms with Crippen molar-refractivity contribution < 1.29 is 4.42 Å². The molecule has 0 radical (unpaired) electrons. The summed E-state index contributed by atoms with van der Waals surface area (Å²) >= 11 is 3.36. The molecular weight excluding hydrogens is 242 g/mol. The predicted octanol–water partition coefficient (Wildman–Crippen LogP) is 3.28. The largest absolute Gasteiger partial charge is 0.452 e. The Morgan fingerprint density at radius 3 is 2.71 bits per heavy atom. The van der Waals surface area contributed by atoms with E-state index in [1.807, 2.05) is 6.07 Å². The summed E-state index contributed by atoms with van der Waals surface area (Å²) in [5, 5.41) is 3.58. The third-order valence-corrected chi connectivity index (χ3v) is 3.61. The number of nitrogens with one attached hydrogen (secondary N) is 1. The maximum Gasteiger partial charge on any atom is 0.169 e. The highest BCUT2D eigenvalue weighted by Gasteiger charge is 2.40. The van der Waals surface area contributed by atoms with E-state index < -0.39 is 0 Å². The highest BCUT2D eigenvalue weighted by molar-refractivity contribution is 9.10. The third-order valence-electron chi connectivity index (χ3n) is 3.19. The van der Waals surface area contributed by atoms with Crippen LogP contribution in [0.3, 0.4) is 0 Å². The van der Waals surface area contributed by atoms with E-state index in [-0.39, 0.29) is 5.54 Å². The van der Waals surface area contributed by atoms with E-state index in [2.05, 4.69) is 41.2 Å². The van der Waals surface area contributed by atoms with Crippen molar-refractivity contribution in [1.29, 1.82) is 0 Å². The van der Waals surface area contributed by atoms with Crippen LogP contribution < -0.4 is 5.32 Å². The molecular formula is C11H16BrNO. The standard InChI is InChI=1S/C11H16BrNO/c1-8(2)11(6-3-7-13-11)9-4-5-10(12)14-9/h4-5,8,13H,3,6-7H2,1-2H3. The number of furan rings is 1. The van der Waals surface area contributed by atoms with Crippen LogP contribution in [0.4, 0.5) is 0 Å². The SMILES string of the molecule is CC(C)C1(c2ccc(Br)o2)CCCN1. The second kappa shape index (κ2) is 3.70. The van der Waals surface area contributed by atoms with Gasteiger partial charge in [-0.15, -0.1) is 0 Å². The summed E-state index contributed by atoms with van der Waals surface area (Å²) in [6.07, 6.45) is 2.40. The lowest BCUT2D eigenvalue weighted by atomic mass is 9.83. The van der Waals surface area contributed by atoms with Crippen molar-refractivity contribution in [2.75, 3.05) is 6.54 Å². The fourth-order valence-electron chi connectivity index (χ4n) is 2.31. The molecule has 1 aromatic heterocycles. The first-order valence-corrected chi connectivity index (χ1v) is 5.95. The van der Waals surface area contributed by atoms with E-state index in [4.69, 9.17) is 4.42 Å². The monoisotopic (exact) mass is 257 g/mol. The minimum Gasteiger partial charge on any atom is -0.452 e. The molecule has 2 nitrogen and oxygen atoms in total. The Kier molecular flexibility index (Phi) is 2.71. The van der Waals surface area contributed by atoms with Gasteiger partial charge in [0, 0.05) is 0 Å². The Labute approximate surface area is 93.2 Å². The van der Waals surface area contributed by atoms with E-state index in [1.165, 1.54) is 12.8 Å². The van der Waals surface area contributed by atoms with Gasteiger partial charge >= 0.3 is 0 Å². The van der Waals surface area contributed by atoms with Gasteiger partial charge in [-0.2, -0.15) is 0 Å². The summed E-state index contributed by atoms with van der Waals surface area (Å²) in [7, 11) is 0. The summed E-state index contributed by atoms with van der Waals surface area (Å²) in [5.41, 5.74) is 0.0615. The van der Waals surface area contributed by atoms with Gasteiger partial charge in [-0.3, -0.25) is 0 Å². The molecule has 0 bridgehead atoms. The summed E-state index contributed by atoms with van der Waals surface area (Å²) in [5.74, 6) is 1.62. The Balaban J connectivity index is 2.36. The fourth-order valence-corrected chi connectivity index (χ4v) is 2.62. The molecule has 1 aromatic rings. The van der Waals surface area contributed by atoms with Crippen LogP contribution in [0.1, 0.15) is 32.4 Å². The molecule has 2 rings (SSSR count). The molecule has 0 saturated carbocycles. The Morgan fingerprint density at radius 1 is 1.50 bits per heavy atom. The first kappa shape index (κ1) is 10.2. The van der Waals surface area contributed by atoms with E-state index >= 15 is 0 Å². The van der Waals surface area contributed by atoms with E-state index in [0.717, 1.165) is 17.0 Å².